The molecule has 0 saturated carbocycles. The Kier molecular flexibility index (Phi) is 7.11. The number of ether oxygens (including phenoxy) is 1. The van der Waals surface area contributed by atoms with Crippen molar-refractivity contribution >= 4 is 13.2 Å². The van der Waals surface area contributed by atoms with Crippen LogP contribution in [0.3, 0.4) is 0 Å². The second-order valence-electron chi connectivity index (χ2n) is 10.3. The minimum absolute atomic E-state index is 0.145. The summed E-state index contributed by atoms with van der Waals surface area (Å²) in [6.07, 6.45) is 1.22. The summed E-state index contributed by atoms with van der Waals surface area (Å²) in [6.45, 7) is 18.1. The van der Waals surface area contributed by atoms with Crippen molar-refractivity contribution in [2.75, 3.05) is 0 Å². The highest BCUT2D eigenvalue weighted by molar-refractivity contribution is 6.45. The lowest BCUT2D eigenvalue weighted by atomic mass is 9.77. The standard InChI is InChI=1S/C23H38BNO4/c1-16-10-12-18(13-11-16)19(25-20(26)27-21(3,4)5)17(2)14-15-24-28-22(6,7)23(8,9)29-24/h10-13,17,19H,14-15H2,1-9H3,(H,25,26)/t17-,19+/m1/s1. The van der Waals surface area contributed by atoms with Gasteiger partial charge in [0.15, 0.2) is 0 Å². The van der Waals surface area contributed by atoms with Gasteiger partial charge in [-0.05, 0) is 79.6 Å². The molecule has 1 fully saturated rings. The number of aryl methyl sites for hydroxylation is 1. The number of carbonyl (C=O) groups is 1. The summed E-state index contributed by atoms with van der Waals surface area (Å²) in [6, 6.07) is 8.14. The van der Waals surface area contributed by atoms with Gasteiger partial charge in [0.1, 0.15) is 5.60 Å². The van der Waals surface area contributed by atoms with Crippen LogP contribution in [0.2, 0.25) is 6.32 Å². The topological polar surface area (TPSA) is 56.8 Å². The molecule has 1 heterocycles. The lowest BCUT2D eigenvalue weighted by molar-refractivity contribution is 0.00578. The lowest BCUT2D eigenvalue weighted by Crippen LogP contribution is -2.41. The van der Waals surface area contributed by atoms with Gasteiger partial charge in [0.25, 0.3) is 0 Å². The smallest absolute Gasteiger partial charge is 0.444 e. The van der Waals surface area contributed by atoms with E-state index < -0.39 is 11.7 Å². The second-order valence-corrected chi connectivity index (χ2v) is 10.3. The van der Waals surface area contributed by atoms with Crippen LogP contribution in [0.1, 0.15) is 79.0 Å². The van der Waals surface area contributed by atoms with Crippen molar-refractivity contribution in [2.24, 2.45) is 5.92 Å². The zero-order valence-electron chi connectivity index (χ0n) is 19.6. The molecular weight excluding hydrogens is 365 g/mol. The average Bonchev–Trinajstić information content (AvgIpc) is 2.77. The van der Waals surface area contributed by atoms with Crippen LogP contribution in [0.15, 0.2) is 24.3 Å². The molecule has 2 atom stereocenters. The number of nitrogens with one attached hydrogen (secondary N) is 1. The Labute approximate surface area is 177 Å². The minimum Gasteiger partial charge on any atom is -0.444 e. The molecule has 162 valence electrons. The molecule has 29 heavy (non-hydrogen) atoms. The molecule has 1 aliphatic rings. The highest BCUT2D eigenvalue weighted by atomic mass is 16.7. The van der Waals surface area contributed by atoms with Gasteiger partial charge in [-0.1, -0.05) is 36.8 Å². The molecule has 0 aliphatic carbocycles. The van der Waals surface area contributed by atoms with E-state index in [0.717, 1.165) is 18.3 Å². The molecule has 1 amide bonds. The second kappa shape index (κ2) is 8.69. The highest BCUT2D eigenvalue weighted by Crippen LogP contribution is 2.39. The first-order chi connectivity index (χ1) is 13.2. The Morgan fingerprint density at radius 1 is 1.10 bits per heavy atom. The summed E-state index contributed by atoms with van der Waals surface area (Å²) in [5, 5.41) is 3.07. The molecule has 1 aromatic rings. The Balaban J connectivity index is 2.07. The lowest BCUT2D eigenvalue weighted by Gasteiger charge is -2.32. The largest absolute Gasteiger partial charge is 0.457 e. The highest BCUT2D eigenvalue weighted by Gasteiger charge is 2.50. The molecular formula is C23H38BNO4. The Bertz CT molecular complexity index is 678. The van der Waals surface area contributed by atoms with Crippen molar-refractivity contribution < 1.29 is 18.8 Å². The third-order valence-electron chi connectivity index (χ3n) is 5.84. The van der Waals surface area contributed by atoms with E-state index >= 15 is 0 Å². The average molecular weight is 403 g/mol. The van der Waals surface area contributed by atoms with Crippen molar-refractivity contribution in [3.8, 4) is 0 Å². The van der Waals surface area contributed by atoms with Crippen LogP contribution < -0.4 is 5.32 Å². The summed E-state index contributed by atoms with van der Waals surface area (Å²) in [4.78, 5) is 12.5. The molecule has 0 spiro atoms. The molecule has 6 heteroatoms. The van der Waals surface area contributed by atoms with Crippen molar-refractivity contribution in [2.45, 2.75) is 97.9 Å². The first-order valence-electron chi connectivity index (χ1n) is 10.6. The Morgan fingerprint density at radius 2 is 1.62 bits per heavy atom. The minimum atomic E-state index is -0.534. The molecule has 0 radical (unpaired) electrons. The van der Waals surface area contributed by atoms with Crippen molar-refractivity contribution in [1.29, 1.82) is 0 Å². The van der Waals surface area contributed by atoms with Gasteiger partial charge in [-0.2, -0.15) is 0 Å². The molecule has 1 saturated heterocycles. The van der Waals surface area contributed by atoms with E-state index in [0.29, 0.717) is 0 Å². The number of rotatable bonds is 6. The Morgan fingerprint density at radius 3 is 2.10 bits per heavy atom. The molecule has 1 N–H and O–H groups in total. The van der Waals surface area contributed by atoms with E-state index in [1.54, 1.807) is 0 Å². The van der Waals surface area contributed by atoms with Crippen LogP contribution >= 0.6 is 0 Å². The summed E-state index contributed by atoms with van der Waals surface area (Å²) in [5.41, 5.74) is 1.07. The normalized spacial score (nSPS) is 20.2. The van der Waals surface area contributed by atoms with E-state index in [4.69, 9.17) is 14.0 Å². The van der Waals surface area contributed by atoms with E-state index in [-0.39, 0.29) is 30.3 Å². The van der Waals surface area contributed by atoms with Gasteiger partial charge < -0.3 is 19.4 Å². The van der Waals surface area contributed by atoms with E-state index in [9.17, 15) is 4.79 Å². The van der Waals surface area contributed by atoms with Crippen LogP contribution in [0.5, 0.6) is 0 Å². The first-order valence-corrected chi connectivity index (χ1v) is 10.6. The van der Waals surface area contributed by atoms with Crippen molar-refractivity contribution in [3.05, 3.63) is 35.4 Å². The molecule has 0 bridgehead atoms. The fourth-order valence-electron chi connectivity index (χ4n) is 3.41. The van der Waals surface area contributed by atoms with E-state index in [1.165, 1.54) is 5.56 Å². The summed E-state index contributed by atoms with van der Waals surface area (Å²) >= 11 is 0. The summed E-state index contributed by atoms with van der Waals surface area (Å²) in [7, 11) is -0.234. The molecule has 0 aromatic heterocycles. The summed E-state index contributed by atoms with van der Waals surface area (Å²) < 4.78 is 17.8. The number of alkyl carbamates (subject to hydrolysis) is 1. The molecule has 5 nitrogen and oxygen atoms in total. The number of hydrogen-bond acceptors (Lipinski definition) is 4. The number of amides is 1. The Hall–Kier alpha value is -1.53. The summed E-state index contributed by atoms with van der Waals surface area (Å²) in [5.74, 6) is 0.184. The van der Waals surface area contributed by atoms with E-state index in [1.807, 2.05) is 20.8 Å². The van der Waals surface area contributed by atoms with Crippen LogP contribution in [-0.2, 0) is 14.0 Å². The number of carbonyl (C=O) groups excluding carboxylic acids is 1. The van der Waals surface area contributed by atoms with Crippen LogP contribution in [0, 0.1) is 12.8 Å². The maximum atomic E-state index is 12.5. The quantitative estimate of drug-likeness (QED) is 0.621. The van der Waals surface area contributed by atoms with Gasteiger partial charge in [0.05, 0.1) is 17.2 Å². The third-order valence-corrected chi connectivity index (χ3v) is 5.84. The van der Waals surface area contributed by atoms with Crippen LogP contribution in [-0.4, -0.2) is 30.0 Å². The fraction of sp³-hybridized carbons (Fsp3) is 0.696. The SMILES string of the molecule is Cc1ccc([C@@H](NC(=O)OC(C)(C)C)[C@H](C)CCB2OC(C)(C)C(C)(C)O2)cc1. The maximum absolute atomic E-state index is 12.5. The maximum Gasteiger partial charge on any atom is 0.457 e. The molecule has 1 aromatic carbocycles. The predicted octanol–water partition coefficient (Wildman–Crippen LogP) is 5.68. The van der Waals surface area contributed by atoms with E-state index in [2.05, 4.69) is 71.1 Å². The fourth-order valence-corrected chi connectivity index (χ4v) is 3.41. The zero-order chi connectivity index (χ0) is 22.0. The van der Waals surface area contributed by atoms with Gasteiger partial charge in [-0.3, -0.25) is 0 Å². The van der Waals surface area contributed by atoms with Crippen LogP contribution in [0.4, 0.5) is 4.79 Å². The molecule has 2 rings (SSSR count). The predicted molar refractivity (Wildman–Crippen MR) is 118 cm³/mol. The number of hydrogen-bond donors (Lipinski definition) is 1. The van der Waals surface area contributed by atoms with Gasteiger partial charge in [-0.25, -0.2) is 4.79 Å². The van der Waals surface area contributed by atoms with Gasteiger partial charge >= 0.3 is 13.2 Å². The third kappa shape index (κ3) is 6.48. The van der Waals surface area contributed by atoms with Gasteiger partial charge in [0.2, 0.25) is 0 Å². The molecule has 0 unspecified atom stereocenters. The number of benzene rings is 1. The van der Waals surface area contributed by atoms with Gasteiger partial charge in [0, 0.05) is 0 Å². The van der Waals surface area contributed by atoms with Crippen LogP contribution in [0.25, 0.3) is 0 Å². The monoisotopic (exact) mass is 403 g/mol. The first kappa shape index (κ1) is 23.8. The zero-order valence-corrected chi connectivity index (χ0v) is 19.6. The van der Waals surface area contributed by atoms with Crippen molar-refractivity contribution in [1.82, 2.24) is 5.32 Å². The van der Waals surface area contributed by atoms with Gasteiger partial charge in [-0.15, -0.1) is 0 Å². The molecule has 1 aliphatic heterocycles. The van der Waals surface area contributed by atoms with Crippen molar-refractivity contribution in [3.63, 3.8) is 0 Å².